The van der Waals surface area contributed by atoms with Gasteiger partial charge in [-0.15, -0.1) is 0 Å². The standard InChI is InChI=1S/C10H19Br2N/c1-4-9(5-2)6-13-8-10(3,12)7-11/h6,9H,4-5,7-8H2,1-3H3. The fourth-order valence-corrected chi connectivity index (χ4v) is 1.26. The lowest BCUT2D eigenvalue weighted by atomic mass is 10.1. The lowest BCUT2D eigenvalue weighted by molar-refractivity contribution is 0.648. The van der Waals surface area contributed by atoms with Crippen LogP contribution in [0.4, 0.5) is 0 Å². The van der Waals surface area contributed by atoms with Gasteiger partial charge in [0.1, 0.15) is 0 Å². The molecule has 13 heavy (non-hydrogen) atoms. The molecule has 0 aromatic carbocycles. The van der Waals surface area contributed by atoms with E-state index in [1.807, 2.05) is 0 Å². The molecule has 0 bridgehead atoms. The van der Waals surface area contributed by atoms with Gasteiger partial charge in [0.2, 0.25) is 0 Å². The van der Waals surface area contributed by atoms with Crippen molar-refractivity contribution in [3.8, 4) is 0 Å². The highest BCUT2D eigenvalue weighted by molar-refractivity contribution is 9.12. The number of alkyl halides is 2. The molecule has 0 aliphatic carbocycles. The maximum Gasteiger partial charge on any atom is 0.0544 e. The molecular formula is C10H19Br2N. The summed E-state index contributed by atoms with van der Waals surface area (Å²) in [5, 5.41) is 0.931. The van der Waals surface area contributed by atoms with Gasteiger partial charge in [0.25, 0.3) is 0 Å². The summed E-state index contributed by atoms with van der Waals surface area (Å²) in [5.41, 5.74) is 0. The topological polar surface area (TPSA) is 12.4 Å². The molecule has 0 heterocycles. The van der Waals surface area contributed by atoms with Gasteiger partial charge in [-0.1, -0.05) is 45.7 Å². The normalized spacial score (nSPS) is 16.8. The van der Waals surface area contributed by atoms with Crippen molar-refractivity contribution >= 4 is 38.1 Å². The summed E-state index contributed by atoms with van der Waals surface area (Å²) in [5.74, 6) is 0.652. The molecular weight excluding hydrogens is 294 g/mol. The van der Waals surface area contributed by atoms with Gasteiger partial charge < -0.3 is 0 Å². The van der Waals surface area contributed by atoms with Crippen molar-refractivity contribution in [2.24, 2.45) is 10.9 Å². The van der Waals surface area contributed by atoms with E-state index in [0.717, 1.165) is 11.9 Å². The van der Waals surface area contributed by atoms with Gasteiger partial charge in [-0.25, -0.2) is 0 Å². The molecule has 0 radical (unpaired) electrons. The number of aliphatic imine (C=N–C) groups is 1. The molecule has 1 atom stereocenters. The summed E-state index contributed by atoms with van der Waals surface area (Å²) in [6.45, 7) is 7.40. The van der Waals surface area contributed by atoms with Crippen molar-refractivity contribution in [1.29, 1.82) is 0 Å². The Labute approximate surface area is 98.7 Å². The number of halogens is 2. The van der Waals surface area contributed by atoms with Gasteiger partial charge in [-0.2, -0.15) is 0 Å². The maximum atomic E-state index is 4.45. The molecule has 0 N–H and O–H groups in total. The predicted molar refractivity (Wildman–Crippen MR) is 68.6 cm³/mol. The fraction of sp³-hybridized carbons (Fsp3) is 0.900. The first-order valence-corrected chi connectivity index (χ1v) is 6.72. The van der Waals surface area contributed by atoms with Crippen LogP contribution in [0.2, 0.25) is 0 Å². The monoisotopic (exact) mass is 311 g/mol. The number of nitrogens with zero attached hydrogens (tertiary/aromatic N) is 1. The van der Waals surface area contributed by atoms with Crippen molar-refractivity contribution < 1.29 is 0 Å². The van der Waals surface area contributed by atoms with Crippen LogP contribution in [0, 0.1) is 5.92 Å². The van der Waals surface area contributed by atoms with Crippen molar-refractivity contribution in [3.05, 3.63) is 0 Å². The molecule has 0 aliphatic rings. The van der Waals surface area contributed by atoms with Crippen LogP contribution in [0.5, 0.6) is 0 Å². The van der Waals surface area contributed by atoms with Gasteiger partial charge in [0, 0.05) is 11.5 Å². The minimum atomic E-state index is 0.107. The molecule has 0 aromatic rings. The largest absolute Gasteiger partial charge is 0.296 e. The van der Waals surface area contributed by atoms with Crippen LogP contribution in [-0.4, -0.2) is 22.4 Å². The Morgan fingerprint density at radius 2 is 1.92 bits per heavy atom. The molecule has 0 rings (SSSR count). The molecule has 0 aliphatic heterocycles. The SMILES string of the molecule is CCC(C=NCC(C)(Br)CBr)CC. The van der Waals surface area contributed by atoms with Gasteiger partial charge >= 0.3 is 0 Å². The van der Waals surface area contributed by atoms with Crippen molar-refractivity contribution in [2.45, 2.75) is 37.9 Å². The van der Waals surface area contributed by atoms with Crippen molar-refractivity contribution in [2.75, 3.05) is 11.9 Å². The van der Waals surface area contributed by atoms with Crippen LogP contribution < -0.4 is 0 Å². The highest BCUT2D eigenvalue weighted by atomic mass is 79.9. The zero-order valence-corrected chi connectivity index (χ0v) is 11.9. The summed E-state index contributed by atoms with van der Waals surface area (Å²) in [4.78, 5) is 4.45. The van der Waals surface area contributed by atoms with Crippen molar-refractivity contribution in [3.63, 3.8) is 0 Å². The molecule has 0 aromatic heterocycles. The van der Waals surface area contributed by atoms with Crippen molar-refractivity contribution in [1.82, 2.24) is 0 Å². The quantitative estimate of drug-likeness (QED) is 0.518. The molecule has 78 valence electrons. The first-order valence-electron chi connectivity index (χ1n) is 4.80. The van der Waals surface area contributed by atoms with Crippen LogP contribution in [0.15, 0.2) is 4.99 Å². The lowest BCUT2D eigenvalue weighted by Crippen LogP contribution is -2.21. The zero-order chi connectivity index (χ0) is 10.3. The second-order valence-electron chi connectivity index (χ2n) is 3.61. The van der Waals surface area contributed by atoms with Crippen LogP contribution in [0.1, 0.15) is 33.6 Å². The van der Waals surface area contributed by atoms with Gasteiger partial charge in [-0.05, 0) is 25.7 Å². The summed E-state index contributed by atoms with van der Waals surface area (Å²) >= 11 is 7.07. The van der Waals surface area contributed by atoms with E-state index in [2.05, 4.69) is 63.8 Å². The first-order chi connectivity index (χ1) is 6.05. The molecule has 1 unspecified atom stereocenters. The van der Waals surface area contributed by atoms with Crippen LogP contribution >= 0.6 is 31.9 Å². The van der Waals surface area contributed by atoms with E-state index in [1.54, 1.807) is 0 Å². The first kappa shape index (κ1) is 13.6. The lowest BCUT2D eigenvalue weighted by Gasteiger charge is -2.16. The molecule has 0 fully saturated rings. The van der Waals surface area contributed by atoms with E-state index in [0.29, 0.717) is 5.92 Å². The van der Waals surface area contributed by atoms with E-state index in [4.69, 9.17) is 0 Å². The highest BCUT2D eigenvalue weighted by Gasteiger charge is 2.16. The molecule has 0 saturated carbocycles. The minimum absolute atomic E-state index is 0.107. The highest BCUT2D eigenvalue weighted by Crippen LogP contribution is 2.20. The maximum absolute atomic E-state index is 4.45. The molecule has 0 spiro atoms. The molecule has 3 heteroatoms. The Hall–Kier alpha value is 0.630. The predicted octanol–water partition coefficient (Wildman–Crippen LogP) is 4.04. The van der Waals surface area contributed by atoms with E-state index >= 15 is 0 Å². The molecule has 1 nitrogen and oxygen atoms in total. The van der Waals surface area contributed by atoms with E-state index < -0.39 is 0 Å². The Kier molecular flexibility index (Phi) is 7.33. The summed E-state index contributed by atoms with van der Waals surface area (Å²) in [6.07, 6.45) is 4.47. The third-order valence-corrected chi connectivity index (χ3v) is 4.59. The average molecular weight is 313 g/mol. The third-order valence-electron chi connectivity index (χ3n) is 2.06. The number of hydrogen-bond donors (Lipinski definition) is 0. The summed E-state index contributed by atoms with van der Waals surface area (Å²) < 4.78 is 0.107. The smallest absolute Gasteiger partial charge is 0.0544 e. The van der Waals surface area contributed by atoms with Crippen LogP contribution in [0.3, 0.4) is 0 Å². The van der Waals surface area contributed by atoms with Gasteiger partial charge in [0.15, 0.2) is 0 Å². The van der Waals surface area contributed by atoms with Crippen LogP contribution in [-0.2, 0) is 0 Å². The summed E-state index contributed by atoms with van der Waals surface area (Å²) in [6, 6.07) is 0. The number of hydrogen-bond acceptors (Lipinski definition) is 1. The fourth-order valence-electron chi connectivity index (χ4n) is 0.934. The Bertz CT molecular complexity index is 151. The van der Waals surface area contributed by atoms with E-state index in [9.17, 15) is 0 Å². The van der Waals surface area contributed by atoms with Gasteiger partial charge in [-0.3, -0.25) is 4.99 Å². The Morgan fingerprint density at radius 3 is 2.31 bits per heavy atom. The summed E-state index contributed by atoms with van der Waals surface area (Å²) in [7, 11) is 0. The molecule has 0 amide bonds. The second-order valence-corrected chi connectivity index (χ2v) is 6.09. The average Bonchev–Trinajstić information content (AvgIpc) is 2.12. The van der Waals surface area contributed by atoms with Crippen LogP contribution in [0.25, 0.3) is 0 Å². The third kappa shape index (κ3) is 6.67. The number of rotatable bonds is 6. The minimum Gasteiger partial charge on any atom is -0.296 e. The van der Waals surface area contributed by atoms with Gasteiger partial charge in [0.05, 0.1) is 10.9 Å². The Balaban J connectivity index is 3.85. The zero-order valence-electron chi connectivity index (χ0n) is 8.69. The van der Waals surface area contributed by atoms with E-state index in [1.165, 1.54) is 12.8 Å². The molecule has 0 saturated heterocycles. The Morgan fingerprint density at radius 1 is 1.38 bits per heavy atom. The second kappa shape index (κ2) is 6.99. The van der Waals surface area contributed by atoms with E-state index in [-0.39, 0.29) is 4.32 Å².